The molecule has 1 atom stereocenters. The Morgan fingerprint density at radius 3 is 2.69 bits per heavy atom. The van der Waals surface area contributed by atoms with E-state index in [0.717, 1.165) is 24.8 Å². The molecule has 0 fully saturated rings. The molecule has 0 aliphatic heterocycles. The van der Waals surface area contributed by atoms with Gasteiger partial charge < -0.3 is 10.4 Å². The topological polar surface area (TPSA) is 101 Å². The van der Waals surface area contributed by atoms with Crippen LogP contribution in [-0.2, 0) is 11.3 Å². The lowest BCUT2D eigenvalue weighted by molar-refractivity contribution is -0.120. The summed E-state index contributed by atoms with van der Waals surface area (Å²) in [5.74, 6) is -1.21. The Balaban J connectivity index is 1.58. The lowest BCUT2D eigenvalue weighted by atomic mass is 9.97. The van der Waals surface area contributed by atoms with Crippen molar-refractivity contribution in [2.75, 3.05) is 6.54 Å². The van der Waals surface area contributed by atoms with Crippen molar-refractivity contribution in [3.8, 4) is 0 Å². The van der Waals surface area contributed by atoms with E-state index in [1.165, 1.54) is 48.4 Å². The van der Waals surface area contributed by atoms with Gasteiger partial charge in [-0.15, -0.1) is 0 Å². The molecule has 182 valence electrons. The second-order valence-corrected chi connectivity index (χ2v) is 10.0. The van der Waals surface area contributed by atoms with E-state index in [1.54, 1.807) is 11.5 Å². The van der Waals surface area contributed by atoms with Crippen molar-refractivity contribution in [2.24, 2.45) is 0 Å². The predicted molar refractivity (Wildman–Crippen MR) is 138 cm³/mol. The molecule has 0 saturated heterocycles. The Bertz CT molecular complexity index is 1320. The van der Waals surface area contributed by atoms with Crippen LogP contribution in [0, 0.1) is 0 Å². The number of fused-ring (bicyclic) bond motifs is 1. The zero-order valence-corrected chi connectivity index (χ0v) is 20.5. The molecule has 1 amide bonds. The zero-order chi connectivity index (χ0) is 24.8. The molecule has 1 aromatic heterocycles. The minimum absolute atomic E-state index is 0.0592. The summed E-state index contributed by atoms with van der Waals surface area (Å²) in [5, 5.41) is 12.6. The molecule has 2 aromatic carbocycles. The summed E-state index contributed by atoms with van der Waals surface area (Å²) in [4.78, 5) is 42.3. The van der Waals surface area contributed by atoms with Gasteiger partial charge >= 0.3 is 5.97 Å². The third-order valence-electron chi connectivity index (χ3n) is 6.13. The number of aromatic carboxylic acids is 1. The minimum atomic E-state index is -1.09. The fourth-order valence-corrected chi connectivity index (χ4v) is 5.09. The predicted octanol–water partition coefficient (Wildman–Crippen LogP) is 4.63. The molecule has 2 N–H and O–H groups in total. The van der Waals surface area contributed by atoms with E-state index in [-0.39, 0.29) is 17.0 Å². The van der Waals surface area contributed by atoms with Crippen LogP contribution in [0.2, 0.25) is 0 Å². The second-order valence-electron chi connectivity index (χ2n) is 8.72. The van der Waals surface area contributed by atoms with Crippen LogP contribution < -0.4 is 10.9 Å². The average Bonchev–Trinajstić information content (AvgIpc) is 2.87. The van der Waals surface area contributed by atoms with Crippen LogP contribution in [0.5, 0.6) is 0 Å². The smallest absolute Gasteiger partial charge is 0.335 e. The van der Waals surface area contributed by atoms with Gasteiger partial charge in [0, 0.05) is 6.54 Å². The zero-order valence-electron chi connectivity index (χ0n) is 19.7. The van der Waals surface area contributed by atoms with Crippen molar-refractivity contribution >= 4 is 34.5 Å². The number of nitrogens with zero attached hydrogens (tertiary/aromatic N) is 2. The summed E-state index contributed by atoms with van der Waals surface area (Å²) in [5.41, 5.74) is 2.43. The third kappa shape index (κ3) is 6.19. The van der Waals surface area contributed by atoms with Crippen molar-refractivity contribution in [3.05, 3.63) is 81.7 Å². The highest BCUT2D eigenvalue weighted by molar-refractivity contribution is 8.00. The van der Waals surface area contributed by atoms with Gasteiger partial charge in [-0.05, 0) is 62.8 Å². The molecule has 4 rings (SSSR count). The summed E-state index contributed by atoms with van der Waals surface area (Å²) >= 11 is 1.20. The summed E-state index contributed by atoms with van der Waals surface area (Å²) in [6.45, 7) is 2.67. The molecular formula is C27H29N3O4S. The number of carboxylic acids is 1. The van der Waals surface area contributed by atoms with Gasteiger partial charge in [0.05, 0.1) is 28.3 Å². The molecule has 7 nitrogen and oxygen atoms in total. The number of allylic oxidation sites excluding steroid dienone is 1. The summed E-state index contributed by atoms with van der Waals surface area (Å²) < 4.78 is 1.55. The normalized spacial score (nSPS) is 14.4. The molecule has 1 aliphatic carbocycles. The largest absolute Gasteiger partial charge is 0.478 e. The van der Waals surface area contributed by atoms with Gasteiger partial charge in [-0.25, -0.2) is 9.78 Å². The van der Waals surface area contributed by atoms with E-state index in [1.807, 2.05) is 30.3 Å². The maximum Gasteiger partial charge on any atom is 0.335 e. The van der Waals surface area contributed by atoms with Gasteiger partial charge in [0.25, 0.3) is 5.56 Å². The molecule has 1 heterocycles. The molecule has 1 aliphatic rings. The first-order valence-corrected chi connectivity index (χ1v) is 12.7. The van der Waals surface area contributed by atoms with Gasteiger partial charge in [0.15, 0.2) is 5.16 Å². The second kappa shape index (κ2) is 11.4. The number of carbonyl (C=O) groups excluding carboxylic acids is 1. The Kier molecular flexibility index (Phi) is 8.02. The molecule has 1 unspecified atom stereocenters. The number of amides is 1. The van der Waals surface area contributed by atoms with E-state index in [9.17, 15) is 19.5 Å². The Hall–Kier alpha value is -3.39. The fraction of sp³-hybridized carbons (Fsp3) is 0.333. The lowest BCUT2D eigenvalue weighted by Crippen LogP contribution is -2.33. The highest BCUT2D eigenvalue weighted by Gasteiger charge is 2.20. The summed E-state index contributed by atoms with van der Waals surface area (Å²) in [6.07, 6.45) is 7.80. The van der Waals surface area contributed by atoms with Crippen molar-refractivity contribution in [2.45, 2.75) is 56.0 Å². The van der Waals surface area contributed by atoms with E-state index in [2.05, 4.69) is 16.4 Å². The third-order valence-corrected chi connectivity index (χ3v) is 7.22. The summed E-state index contributed by atoms with van der Waals surface area (Å²) in [7, 11) is 0. The van der Waals surface area contributed by atoms with Crippen molar-refractivity contribution in [3.63, 3.8) is 0 Å². The SMILES string of the molecule is CC(Sc1nc2cc(C(=O)O)ccc2c(=O)n1Cc1ccccc1)C(=O)NCCC1=CCCCC1. The number of nitrogens with one attached hydrogen (secondary N) is 1. The average molecular weight is 492 g/mol. The maximum atomic E-state index is 13.4. The van der Waals surface area contributed by atoms with Crippen LogP contribution in [0.1, 0.15) is 54.9 Å². The molecule has 8 heteroatoms. The monoisotopic (exact) mass is 491 g/mol. The van der Waals surface area contributed by atoms with Crippen LogP contribution in [0.25, 0.3) is 10.9 Å². The van der Waals surface area contributed by atoms with Crippen LogP contribution >= 0.6 is 11.8 Å². The van der Waals surface area contributed by atoms with Crippen LogP contribution in [0.15, 0.2) is 70.1 Å². The van der Waals surface area contributed by atoms with Crippen molar-refractivity contribution < 1.29 is 14.7 Å². The molecule has 0 radical (unpaired) electrons. The molecule has 0 spiro atoms. The van der Waals surface area contributed by atoms with Gasteiger partial charge in [-0.3, -0.25) is 14.2 Å². The first-order chi connectivity index (χ1) is 16.9. The number of aromatic nitrogens is 2. The number of hydrogen-bond donors (Lipinski definition) is 2. The maximum absolute atomic E-state index is 13.4. The first kappa shape index (κ1) is 24.7. The standard InChI is InChI=1S/C27H29N3O4S/c1-18(24(31)28-15-14-19-8-4-2-5-9-19)35-27-29-23-16-21(26(33)34)12-13-22(23)25(32)30(27)17-20-10-6-3-7-11-20/h3,6-8,10-13,16,18H,2,4-5,9,14-15,17H2,1H3,(H,28,31)(H,33,34). The number of rotatable bonds is 9. The number of benzene rings is 2. The van der Waals surface area contributed by atoms with E-state index in [0.29, 0.717) is 29.1 Å². The Labute approximate surface area is 208 Å². The quantitative estimate of drug-likeness (QED) is 0.257. The lowest BCUT2D eigenvalue weighted by Gasteiger charge is -2.17. The molecular weight excluding hydrogens is 462 g/mol. The highest BCUT2D eigenvalue weighted by atomic mass is 32.2. The number of carbonyl (C=O) groups is 2. The van der Waals surface area contributed by atoms with Gasteiger partial charge in [0.1, 0.15) is 0 Å². The number of thioether (sulfide) groups is 1. The molecule has 0 saturated carbocycles. The molecule has 3 aromatic rings. The minimum Gasteiger partial charge on any atom is -0.478 e. The van der Waals surface area contributed by atoms with Gasteiger partial charge in [-0.2, -0.15) is 0 Å². The van der Waals surface area contributed by atoms with Gasteiger partial charge in [0.2, 0.25) is 5.91 Å². The Morgan fingerprint density at radius 1 is 1.17 bits per heavy atom. The fourth-order valence-electron chi connectivity index (χ4n) is 4.16. The first-order valence-electron chi connectivity index (χ1n) is 11.9. The van der Waals surface area contributed by atoms with Crippen LogP contribution in [-0.4, -0.2) is 38.3 Å². The Morgan fingerprint density at radius 2 is 1.97 bits per heavy atom. The van der Waals surface area contributed by atoms with Gasteiger partial charge in [-0.1, -0.05) is 53.7 Å². The number of carboxylic acid groups (broad SMARTS) is 1. The number of hydrogen-bond acceptors (Lipinski definition) is 5. The van der Waals surface area contributed by atoms with Crippen molar-refractivity contribution in [1.29, 1.82) is 0 Å². The van der Waals surface area contributed by atoms with Crippen molar-refractivity contribution in [1.82, 2.24) is 14.9 Å². The van der Waals surface area contributed by atoms with E-state index >= 15 is 0 Å². The summed E-state index contributed by atoms with van der Waals surface area (Å²) in [6, 6.07) is 13.9. The molecule has 35 heavy (non-hydrogen) atoms. The highest BCUT2D eigenvalue weighted by Crippen LogP contribution is 2.24. The van der Waals surface area contributed by atoms with Crippen LogP contribution in [0.4, 0.5) is 0 Å². The molecule has 0 bridgehead atoms. The van der Waals surface area contributed by atoms with E-state index < -0.39 is 11.2 Å². The van der Waals surface area contributed by atoms with Crippen LogP contribution in [0.3, 0.4) is 0 Å². The van der Waals surface area contributed by atoms with E-state index in [4.69, 9.17) is 0 Å².